The number of benzene rings is 6. The lowest BCUT2D eigenvalue weighted by molar-refractivity contribution is -0.137. The maximum Gasteiger partial charge on any atom is 0.418 e. The second-order valence-electron chi connectivity index (χ2n) is 11.7. The lowest BCUT2D eigenvalue weighted by atomic mass is 9.97. The van der Waals surface area contributed by atoms with E-state index in [2.05, 4.69) is 6.07 Å². The molecule has 6 heteroatoms. The van der Waals surface area contributed by atoms with Crippen LogP contribution in [0.2, 0.25) is 0 Å². The van der Waals surface area contributed by atoms with Gasteiger partial charge in [-0.1, -0.05) is 72.8 Å². The quantitative estimate of drug-likeness (QED) is 0.197. The molecule has 0 saturated heterocycles. The Morgan fingerprint density at radius 3 is 1.65 bits per heavy atom. The largest absolute Gasteiger partial charge is 0.418 e. The fourth-order valence-electron chi connectivity index (χ4n) is 7.08. The Bertz CT molecular complexity index is 2560. The number of nitriles is 1. The van der Waals surface area contributed by atoms with Crippen molar-refractivity contribution >= 4 is 43.6 Å². The molecule has 0 atom stereocenters. The van der Waals surface area contributed by atoms with Crippen LogP contribution in [0.3, 0.4) is 0 Å². The molecule has 46 heavy (non-hydrogen) atoms. The first-order chi connectivity index (χ1) is 22.3. The minimum atomic E-state index is -4.67. The summed E-state index contributed by atoms with van der Waals surface area (Å²) in [5.74, 6) is 0. The van der Waals surface area contributed by atoms with Crippen LogP contribution in [-0.4, -0.2) is 9.13 Å². The fraction of sp³-hybridized carbons (Fsp3) is 0.0750. The molecule has 0 aliphatic heterocycles. The van der Waals surface area contributed by atoms with Gasteiger partial charge in [0, 0.05) is 27.1 Å². The van der Waals surface area contributed by atoms with Crippen LogP contribution in [0.1, 0.15) is 22.3 Å². The number of fused-ring (bicyclic) bond motifs is 6. The van der Waals surface area contributed by atoms with Gasteiger partial charge in [-0.05, 0) is 79.1 Å². The Labute approximate surface area is 263 Å². The third-order valence-corrected chi connectivity index (χ3v) is 9.02. The number of aryl methyl sites for hydroxylation is 2. The normalized spacial score (nSPS) is 12.0. The maximum atomic E-state index is 15.4. The average molecular weight is 606 g/mol. The van der Waals surface area contributed by atoms with Gasteiger partial charge in [-0.3, -0.25) is 0 Å². The summed E-state index contributed by atoms with van der Waals surface area (Å²) in [6.45, 7) is 4.00. The van der Waals surface area contributed by atoms with E-state index >= 15 is 13.2 Å². The van der Waals surface area contributed by atoms with Crippen LogP contribution in [0.5, 0.6) is 0 Å². The summed E-state index contributed by atoms with van der Waals surface area (Å²) in [6.07, 6.45) is -4.67. The summed E-state index contributed by atoms with van der Waals surface area (Å²) in [5.41, 5.74) is 6.36. The predicted octanol–water partition coefficient (Wildman–Crippen LogP) is 11.1. The molecule has 0 radical (unpaired) electrons. The number of rotatable bonds is 3. The Hall–Kier alpha value is -5.80. The van der Waals surface area contributed by atoms with Crippen LogP contribution in [0, 0.1) is 25.2 Å². The average Bonchev–Trinajstić information content (AvgIpc) is 3.58. The van der Waals surface area contributed by atoms with E-state index < -0.39 is 11.7 Å². The molecule has 222 valence electrons. The van der Waals surface area contributed by atoms with Crippen molar-refractivity contribution in [3.8, 4) is 28.6 Å². The number of aromatic nitrogens is 2. The Balaban J connectivity index is 1.58. The second-order valence-corrected chi connectivity index (χ2v) is 11.7. The van der Waals surface area contributed by atoms with Crippen molar-refractivity contribution in [1.29, 1.82) is 5.26 Å². The molecule has 0 amide bonds. The van der Waals surface area contributed by atoms with Gasteiger partial charge in [-0.25, -0.2) is 0 Å². The molecular weight excluding hydrogens is 579 g/mol. The SMILES string of the molecule is Cc1cccc2c1c1ccccc1n2-c1cc(C(F)(F)F)c(-n2c3ccccc3c3c(C)cccc32)cc1-c1cccc(C#N)c1. The first-order valence-corrected chi connectivity index (χ1v) is 15.0. The molecule has 0 saturated carbocycles. The smallest absolute Gasteiger partial charge is 0.309 e. The molecule has 0 aliphatic rings. The first kappa shape index (κ1) is 27.7. The lowest BCUT2D eigenvalue weighted by Gasteiger charge is -2.22. The molecule has 8 rings (SSSR count). The molecule has 6 aromatic carbocycles. The highest BCUT2D eigenvalue weighted by atomic mass is 19.4. The Morgan fingerprint density at radius 2 is 1.09 bits per heavy atom. The number of alkyl halides is 3. The van der Waals surface area contributed by atoms with Gasteiger partial charge < -0.3 is 9.13 Å². The standard InChI is InChI=1S/C40H26F3N3/c1-24-10-7-18-34-38(24)28-14-3-5-16-32(28)45(34)36-22-31(40(41,42)43)37(21-30(36)27-13-9-12-26(20-27)23-44)46-33-17-6-4-15-29(33)39-25(2)11-8-19-35(39)46/h3-22H,1-2H3. The highest BCUT2D eigenvalue weighted by Gasteiger charge is 2.37. The predicted molar refractivity (Wildman–Crippen MR) is 180 cm³/mol. The molecule has 2 aromatic heterocycles. The minimum absolute atomic E-state index is 0.0300. The topological polar surface area (TPSA) is 33.6 Å². The van der Waals surface area contributed by atoms with Crippen LogP contribution < -0.4 is 0 Å². The second kappa shape index (κ2) is 10.1. The summed E-state index contributed by atoms with van der Waals surface area (Å²) in [7, 11) is 0. The van der Waals surface area contributed by atoms with E-state index in [1.165, 1.54) is 6.07 Å². The molecule has 8 aromatic rings. The van der Waals surface area contributed by atoms with Crippen molar-refractivity contribution in [2.24, 2.45) is 0 Å². The summed E-state index contributed by atoms with van der Waals surface area (Å²) in [5, 5.41) is 13.5. The van der Waals surface area contributed by atoms with Crippen molar-refractivity contribution in [2.45, 2.75) is 20.0 Å². The molecule has 0 spiro atoms. The van der Waals surface area contributed by atoms with Gasteiger partial charge in [0.25, 0.3) is 0 Å². The number of para-hydroxylation sites is 2. The van der Waals surface area contributed by atoms with E-state index in [9.17, 15) is 5.26 Å². The van der Waals surface area contributed by atoms with Gasteiger partial charge in [0.1, 0.15) is 0 Å². The lowest BCUT2D eigenvalue weighted by Crippen LogP contribution is -2.13. The van der Waals surface area contributed by atoms with E-state index in [0.717, 1.165) is 43.7 Å². The first-order valence-electron chi connectivity index (χ1n) is 15.0. The van der Waals surface area contributed by atoms with Crippen molar-refractivity contribution in [3.05, 3.63) is 144 Å². The zero-order valence-electron chi connectivity index (χ0n) is 25.0. The van der Waals surface area contributed by atoms with E-state index in [0.29, 0.717) is 33.4 Å². The van der Waals surface area contributed by atoms with Crippen molar-refractivity contribution in [1.82, 2.24) is 9.13 Å². The highest BCUT2D eigenvalue weighted by Crippen LogP contribution is 2.45. The van der Waals surface area contributed by atoms with Gasteiger partial charge in [0.15, 0.2) is 0 Å². The molecular formula is C40H26F3N3. The van der Waals surface area contributed by atoms with Crippen molar-refractivity contribution in [2.75, 3.05) is 0 Å². The summed E-state index contributed by atoms with van der Waals surface area (Å²) < 4.78 is 49.9. The Kier molecular flexibility index (Phi) is 6.10. The number of hydrogen-bond acceptors (Lipinski definition) is 1. The fourth-order valence-corrected chi connectivity index (χ4v) is 7.08. The number of hydrogen-bond donors (Lipinski definition) is 0. The van der Waals surface area contributed by atoms with E-state index in [4.69, 9.17) is 0 Å². The summed E-state index contributed by atoms with van der Waals surface area (Å²) in [6, 6.07) is 39.3. The van der Waals surface area contributed by atoms with Crippen LogP contribution in [0.15, 0.2) is 121 Å². The molecule has 0 aliphatic carbocycles. The molecule has 0 fully saturated rings. The van der Waals surface area contributed by atoms with Crippen LogP contribution in [0.4, 0.5) is 13.2 Å². The van der Waals surface area contributed by atoms with Gasteiger partial charge in [-0.2, -0.15) is 18.4 Å². The zero-order chi connectivity index (χ0) is 31.7. The van der Waals surface area contributed by atoms with Crippen molar-refractivity contribution in [3.63, 3.8) is 0 Å². The van der Waals surface area contributed by atoms with Crippen LogP contribution in [-0.2, 0) is 6.18 Å². The number of halogens is 3. The van der Waals surface area contributed by atoms with Gasteiger partial charge in [-0.15, -0.1) is 0 Å². The molecule has 0 bridgehead atoms. The van der Waals surface area contributed by atoms with Gasteiger partial charge >= 0.3 is 6.18 Å². The Morgan fingerprint density at radius 1 is 0.565 bits per heavy atom. The van der Waals surface area contributed by atoms with Gasteiger partial charge in [0.2, 0.25) is 0 Å². The van der Waals surface area contributed by atoms with E-state index in [1.807, 2.05) is 109 Å². The maximum absolute atomic E-state index is 15.4. The highest BCUT2D eigenvalue weighted by molar-refractivity contribution is 6.12. The van der Waals surface area contributed by atoms with Crippen LogP contribution >= 0.6 is 0 Å². The molecule has 0 N–H and O–H groups in total. The summed E-state index contributed by atoms with van der Waals surface area (Å²) >= 11 is 0. The van der Waals surface area contributed by atoms with Crippen LogP contribution in [0.25, 0.3) is 66.1 Å². The third kappa shape index (κ3) is 4.05. The minimum Gasteiger partial charge on any atom is -0.309 e. The van der Waals surface area contributed by atoms with E-state index in [-0.39, 0.29) is 5.69 Å². The molecule has 2 heterocycles. The molecule has 3 nitrogen and oxygen atoms in total. The van der Waals surface area contributed by atoms with Gasteiger partial charge in [0.05, 0.1) is 50.6 Å². The zero-order valence-corrected chi connectivity index (χ0v) is 25.0. The van der Waals surface area contributed by atoms with E-state index in [1.54, 1.807) is 28.8 Å². The number of nitrogens with zero attached hydrogens (tertiary/aromatic N) is 3. The van der Waals surface area contributed by atoms with Crippen molar-refractivity contribution < 1.29 is 13.2 Å². The third-order valence-electron chi connectivity index (χ3n) is 9.02. The monoisotopic (exact) mass is 605 g/mol. The summed E-state index contributed by atoms with van der Waals surface area (Å²) in [4.78, 5) is 0. The molecule has 0 unspecified atom stereocenters.